The highest BCUT2D eigenvalue weighted by atomic mass is 32.1. The van der Waals surface area contributed by atoms with E-state index in [1.165, 1.54) is 37.0 Å². The van der Waals surface area contributed by atoms with Gasteiger partial charge in [0, 0.05) is 11.4 Å². The summed E-state index contributed by atoms with van der Waals surface area (Å²) in [6.07, 6.45) is 7.81. The molecule has 0 radical (unpaired) electrons. The fraction of sp³-hybridized carbons (Fsp3) is 0.556. The highest BCUT2D eigenvalue weighted by Gasteiger charge is 2.27. The van der Waals surface area contributed by atoms with Crippen molar-refractivity contribution in [2.45, 2.75) is 57.9 Å². The van der Waals surface area contributed by atoms with Crippen LogP contribution in [-0.4, -0.2) is 16.9 Å². The van der Waals surface area contributed by atoms with Gasteiger partial charge in [-0.15, -0.1) is 22.7 Å². The SMILES string of the molecule is CCCCC1CCCC1NC(=O)Cc1csc(-c2cccs2)n1. The average molecular weight is 349 g/mol. The van der Waals surface area contributed by atoms with Crippen molar-refractivity contribution in [2.24, 2.45) is 5.92 Å². The Bertz CT molecular complexity index is 621. The number of nitrogens with one attached hydrogen (secondary N) is 1. The maximum absolute atomic E-state index is 12.3. The van der Waals surface area contributed by atoms with Crippen LogP contribution in [0, 0.1) is 5.92 Å². The fourth-order valence-corrected chi connectivity index (χ4v) is 5.00. The molecule has 3 rings (SSSR count). The second kappa shape index (κ2) is 8.06. The van der Waals surface area contributed by atoms with Gasteiger partial charge in [-0.3, -0.25) is 4.79 Å². The van der Waals surface area contributed by atoms with Gasteiger partial charge in [0.25, 0.3) is 0 Å². The number of hydrogen-bond acceptors (Lipinski definition) is 4. The number of nitrogens with zero attached hydrogens (tertiary/aromatic N) is 1. The summed E-state index contributed by atoms with van der Waals surface area (Å²) in [5, 5.41) is 8.34. The van der Waals surface area contributed by atoms with Crippen LogP contribution < -0.4 is 5.32 Å². The van der Waals surface area contributed by atoms with Gasteiger partial charge in [-0.25, -0.2) is 4.98 Å². The molecule has 5 heteroatoms. The number of unbranched alkanes of at least 4 members (excludes halogenated alkanes) is 1. The number of amides is 1. The van der Waals surface area contributed by atoms with E-state index in [-0.39, 0.29) is 5.91 Å². The highest BCUT2D eigenvalue weighted by Crippen LogP contribution is 2.30. The molecule has 0 saturated heterocycles. The molecule has 2 aromatic rings. The number of carbonyl (C=O) groups is 1. The maximum Gasteiger partial charge on any atom is 0.226 e. The van der Waals surface area contributed by atoms with Crippen LogP contribution in [-0.2, 0) is 11.2 Å². The normalized spacial score (nSPS) is 20.7. The zero-order chi connectivity index (χ0) is 16.1. The number of hydrogen-bond donors (Lipinski definition) is 1. The summed E-state index contributed by atoms with van der Waals surface area (Å²) < 4.78 is 0. The largest absolute Gasteiger partial charge is 0.353 e. The number of rotatable bonds is 7. The standard InChI is InChI=1S/C18H24N2OS2/c1-2-3-6-13-7-4-8-15(13)20-17(21)11-14-12-23-18(19-14)16-9-5-10-22-16/h5,9-10,12-13,15H,2-4,6-8,11H2,1H3,(H,20,21). The van der Waals surface area contributed by atoms with Crippen LogP contribution in [0.4, 0.5) is 0 Å². The van der Waals surface area contributed by atoms with Gasteiger partial charge in [0.05, 0.1) is 17.0 Å². The monoisotopic (exact) mass is 348 g/mol. The first-order valence-electron chi connectivity index (χ1n) is 8.54. The predicted molar refractivity (Wildman–Crippen MR) is 97.9 cm³/mol. The molecular weight excluding hydrogens is 324 g/mol. The molecule has 1 N–H and O–H groups in total. The number of aromatic nitrogens is 1. The molecule has 1 aliphatic rings. The lowest BCUT2D eigenvalue weighted by Crippen LogP contribution is -2.38. The van der Waals surface area contributed by atoms with Crippen molar-refractivity contribution < 1.29 is 4.79 Å². The maximum atomic E-state index is 12.3. The minimum atomic E-state index is 0.126. The Morgan fingerprint density at radius 1 is 1.39 bits per heavy atom. The van der Waals surface area contributed by atoms with Crippen LogP contribution in [0.5, 0.6) is 0 Å². The molecule has 2 atom stereocenters. The second-order valence-corrected chi connectivity index (χ2v) is 8.11. The third-order valence-electron chi connectivity index (χ3n) is 4.56. The summed E-state index contributed by atoms with van der Waals surface area (Å²) in [5.41, 5.74) is 0.888. The predicted octanol–water partition coefficient (Wildman–Crippen LogP) is 4.89. The Morgan fingerprint density at radius 2 is 2.30 bits per heavy atom. The van der Waals surface area contributed by atoms with Gasteiger partial charge in [-0.05, 0) is 36.6 Å². The zero-order valence-electron chi connectivity index (χ0n) is 13.6. The van der Waals surface area contributed by atoms with E-state index < -0.39 is 0 Å². The Morgan fingerprint density at radius 3 is 3.09 bits per heavy atom. The third-order valence-corrected chi connectivity index (χ3v) is 6.49. The van der Waals surface area contributed by atoms with Gasteiger partial charge in [0.1, 0.15) is 5.01 Å². The van der Waals surface area contributed by atoms with Crippen molar-refractivity contribution in [3.63, 3.8) is 0 Å². The summed E-state index contributed by atoms with van der Waals surface area (Å²) >= 11 is 3.31. The molecule has 1 fully saturated rings. The molecule has 3 nitrogen and oxygen atoms in total. The van der Waals surface area contributed by atoms with Crippen LogP contribution in [0.1, 0.15) is 51.1 Å². The first kappa shape index (κ1) is 16.7. The van der Waals surface area contributed by atoms with Crippen molar-refractivity contribution in [2.75, 3.05) is 0 Å². The number of thiazole rings is 1. The summed E-state index contributed by atoms with van der Waals surface area (Å²) in [7, 11) is 0. The summed E-state index contributed by atoms with van der Waals surface area (Å²) in [6, 6.07) is 4.48. The molecule has 0 aromatic carbocycles. The molecular formula is C18H24N2OS2. The summed E-state index contributed by atoms with van der Waals surface area (Å²) in [5.74, 6) is 0.803. The molecule has 2 heterocycles. The van der Waals surface area contributed by atoms with E-state index >= 15 is 0 Å². The van der Waals surface area contributed by atoms with Gasteiger partial charge in [0.15, 0.2) is 0 Å². The Labute approximate surface area is 146 Å². The quantitative estimate of drug-likeness (QED) is 0.774. The Hall–Kier alpha value is -1.20. The van der Waals surface area contributed by atoms with Crippen molar-refractivity contribution >= 4 is 28.6 Å². The van der Waals surface area contributed by atoms with Crippen molar-refractivity contribution in [3.8, 4) is 9.88 Å². The Balaban J connectivity index is 1.53. The average Bonchev–Trinajstić information content (AvgIpc) is 3.26. The van der Waals surface area contributed by atoms with Crippen LogP contribution in [0.2, 0.25) is 0 Å². The summed E-state index contributed by atoms with van der Waals surface area (Å²) in [4.78, 5) is 18.1. The summed E-state index contributed by atoms with van der Waals surface area (Å²) in [6.45, 7) is 2.23. The van der Waals surface area contributed by atoms with Crippen molar-refractivity contribution in [3.05, 3.63) is 28.6 Å². The number of thiophene rings is 1. The van der Waals surface area contributed by atoms with Gasteiger partial charge >= 0.3 is 0 Å². The lowest BCUT2D eigenvalue weighted by Gasteiger charge is -2.20. The first-order valence-corrected chi connectivity index (χ1v) is 10.3. The van der Waals surface area contributed by atoms with Gasteiger partial charge in [-0.2, -0.15) is 0 Å². The molecule has 2 aromatic heterocycles. The van der Waals surface area contributed by atoms with E-state index in [4.69, 9.17) is 0 Å². The molecule has 0 spiro atoms. The van der Waals surface area contributed by atoms with Crippen LogP contribution in [0.3, 0.4) is 0 Å². The van der Waals surface area contributed by atoms with Gasteiger partial charge in [0.2, 0.25) is 5.91 Å². The van der Waals surface area contributed by atoms with E-state index in [2.05, 4.69) is 28.7 Å². The van der Waals surface area contributed by atoms with Crippen LogP contribution >= 0.6 is 22.7 Å². The molecule has 0 bridgehead atoms. The lowest BCUT2D eigenvalue weighted by atomic mass is 9.96. The molecule has 1 saturated carbocycles. The topological polar surface area (TPSA) is 42.0 Å². The first-order chi connectivity index (χ1) is 11.3. The zero-order valence-corrected chi connectivity index (χ0v) is 15.2. The van der Waals surface area contributed by atoms with Crippen LogP contribution in [0.25, 0.3) is 9.88 Å². The van der Waals surface area contributed by atoms with Crippen molar-refractivity contribution in [1.82, 2.24) is 10.3 Å². The molecule has 1 amide bonds. The molecule has 23 heavy (non-hydrogen) atoms. The molecule has 1 aliphatic carbocycles. The van der Waals surface area contributed by atoms with E-state index in [0.717, 1.165) is 17.1 Å². The van der Waals surface area contributed by atoms with E-state index in [0.29, 0.717) is 18.4 Å². The van der Waals surface area contributed by atoms with Gasteiger partial charge in [-0.1, -0.05) is 32.3 Å². The van der Waals surface area contributed by atoms with Gasteiger partial charge < -0.3 is 5.32 Å². The minimum Gasteiger partial charge on any atom is -0.353 e. The lowest BCUT2D eigenvalue weighted by molar-refractivity contribution is -0.121. The third kappa shape index (κ3) is 4.42. The van der Waals surface area contributed by atoms with E-state index in [1.807, 2.05) is 11.4 Å². The highest BCUT2D eigenvalue weighted by molar-refractivity contribution is 7.20. The fourth-order valence-electron chi connectivity index (χ4n) is 3.36. The molecule has 124 valence electrons. The minimum absolute atomic E-state index is 0.126. The molecule has 0 aliphatic heterocycles. The van der Waals surface area contributed by atoms with Crippen molar-refractivity contribution in [1.29, 1.82) is 0 Å². The number of carbonyl (C=O) groups excluding carboxylic acids is 1. The Kier molecular flexibility index (Phi) is 5.84. The van der Waals surface area contributed by atoms with Crippen LogP contribution in [0.15, 0.2) is 22.9 Å². The smallest absolute Gasteiger partial charge is 0.226 e. The second-order valence-electron chi connectivity index (χ2n) is 6.31. The molecule has 2 unspecified atom stereocenters. The van der Waals surface area contributed by atoms with E-state index in [9.17, 15) is 4.79 Å². The van der Waals surface area contributed by atoms with E-state index in [1.54, 1.807) is 22.7 Å².